The second-order valence-corrected chi connectivity index (χ2v) is 1.88. The lowest BCUT2D eigenvalue weighted by molar-refractivity contribution is 0.777. The van der Waals surface area contributed by atoms with E-state index in [2.05, 4.69) is 6.58 Å². The Morgan fingerprint density at radius 2 is 2.50 bits per heavy atom. The summed E-state index contributed by atoms with van der Waals surface area (Å²) in [5.74, 6) is 0.400. The third-order valence-corrected chi connectivity index (χ3v) is 1.05. The van der Waals surface area contributed by atoms with E-state index in [0.717, 1.165) is 6.42 Å². The number of nitrogens with one attached hydrogen (secondary N) is 1. The number of rotatable bonds is 3. The van der Waals surface area contributed by atoms with Crippen molar-refractivity contribution in [3.8, 4) is 0 Å². The van der Waals surface area contributed by atoms with Crippen LogP contribution in [0.4, 0.5) is 0 Å². The van der Waals surface area contributed by atoms with E-state index in [9.17, 15) is 0 Å². The molecule has 0 aliphatic rings. The lowest BCUT2D eigenvalue weighted by Crippen LogP contribution is -2.18. The van der Waals surface area contributed by atoms with Gasteiger partial charge in [-0.3, -0.25) is 5.41 Å². The Labute approximate surface area is 49.9 Å². The lowest BCUT2D eigenvalue weighted by Gasteiger charge is -2.02. The van der Waals surface area contributed by atoms with E-state index < -0.39 is 0 Å². The molecular formula is C6H12N2. The van der Waals surface area contributed by atoms with Crippen LogP contribution in [0, 0.1) is 11.3 Å². The molecule has 3 N–H and O–H groups in total. The van der Waals surface area contributed by atoms with Gasteiger partial charge in [0, 0.05) is 5.92 Å². The summed E-state index contributed by atoms with van der Waals surface area (Å²) in [7, 11) is 0. The van der Waals surface area contributed by atoms with Crippen LogP contribution >= 0.6 is 0 Å². The molecule has 0 aromatic carbocycles. The van der Waals surface area contributed by atoms with E-state index in [1.807, 2.05) is 6.92 Å². The van der Waals surface area contributed by atoms with Crippen LogP contribution in [-0.4, -0.2) is 5.84 Å². The third-order valence-electron chi connectivity index (χ3n) is 1.05. The predicted molar refractivity (Wildman–Crippen MR) is 35.9 cm³/mol. The Morgan fingerprint density at radius 3 is 2.62 bits per heavy atom. The van der Waals surface area contributed by atoms with Gasteiger partial charge in [-0.05, 0) is 6.42 Å². The zero-order valence-corrected chi connectivity index (χ0v) is 5.15. The summed E-state index contributed by atoms with van der Waals surface area (Å²) in [6, 6.07) is 0. The molecule has 2 heteroatoms. The van der Waals surface area contributed by atoms with Crippen LogP contribution in [0.25, 0.3) is 0 Å². The van der Waals surface area contributed by atoms with Crippen molar-refractivity contribution < 1.29 is 0 Å². The number of amidine groups is 1. The first-order valence-corrected chi connectivity index (χ1v) is 2.63. The molecule has 0 rings (SSSR count). The van der Waals surface area contributed by atoms with Crippen LogP contribution in [0.15, 0.2) is 12.7 Å². The highest BCUT2D eigenvalue weighted by atomic mass is 14.7. The number of hydrogen-bond donors (Lipinski definition) is 2. The highest BCUT2D eigenvalue weighted by Crippen LogP contribution is 1.99. The maximum atomic E-state index is 6.93. The van der Waals surface area contributed by atoms with Crippen molar-refractivity contribution in [1.82, 2.24) is 0 Å². The maximum absolute atomic E-state index is 6.93. The second-order valence-electron chi connectivity index (χ2n) is 1.88. The van der Waals surface area contributed by atoms with Gasteiger partial charge in [0.25, 0.3) is 0 Å². The average molecular weight is 112 g/mol. The smallest absolute Gasteiger partial charge is 0.0937 e. The molecule has 46 valence electrons. The SMILES string of the molecule is C=CC[C@H](C)C(=N)N. The van der Waals surface area contributed by atoms with Gasteiger partial charge in [0.1, 0.15) is 0 Å². The van der Waals surface area contributed by atoms with Crippen molar-refractivity contribution in [2.75, 3.05) is 0 Å². The second kappa shape index (κ2) is 3.24. The van der Waals surface area contributed by atoms with Crippen molar-refractivity contribution in [3.05, 3.63) is 12.7 Å². The van der Waals surface area contributed by atoms with Crippen molar-refractivity contribution in [1.29, 1.82) is 5.41 Å². The highest BCUT2D eigenvalue weighted by molar-refractivity contribution is 5.79. The van der Waals surface area contributed by atoms with Crippen LogP contribution < -0.4 is 5.73 Å². The van der Waals surface area contributed by atoms with E-state index in [0.29, 0.717) is 0 Å². The Balaban J connectivity index is 3.46. The van der Waals surface area contributed by atoms with Crippen molar-refractivity contribution in [3.63, 3.8) is 0 Å². The van der Waals surface area contributed by atoms with Gasteiger partial charge in [0.15, 0.2) is 0 Å². The molecule has 0 aromatic rings. The molecular weight excluding hydrogens is 100 g/mol. The lowest BCUT2D eigenvalue weighted by atomic mass is 10.1. The molecule has 0 aromatic heterocycles. The Hall–Kier alpha value is -0.790. The molecule has 0 heterocycles. The van der Waals surface area contributed by atoms with Gasteiger partial charge >= 0.3 is 0 Å². The number of hydrogen-bond acceptors (Lipinski definition) is 1. The topological polar surface area (TPSA) is 49.9 Å². The van der Waals surface area contributed by atoms with Gasteiger partial charge < -0.3 is 5.73 Å². The summed E-state index contributed by atoms with van der Waals surface area (Å²) < 4.78 is 0. The maximum Gasteiger partial charge on any atom is 0.0937 e. The molecule has 0 saturated heterocycles. The first kappa shape index (κ1) is 7.21. The fourth-order valence-electron chi connectivity index (χ4n) is 0.377. The van der Waals surface area contributed by atoms with E-state index in [1.54, 1.807) is 6.08 Å². The minimum Gasteiger partial charge on any atom is -0.387 e. The minimum atomic E-state index is 0.160. The zero-order chi connectivity index (χ0) is 6.57. The molecule has 0 radical (unpaired) electrons. The monoisotopic (exact) mass is 112 g/mol. The molecule has 0 saturated carbocycles. The molecule has 0 amide bonds. The fraction of sp³-hybridized carbons (Fsp3) is 0.500. The zero-order valence-electron chi connectivity index (χ0n) is 5.15. The van der Waals surface area contributed by atoms with Gasteiger partial charge in [0.2, 0.25) is 0 Å². The summed E-state index contributed by atoms with van der Waals surface area (Å²) in [5, 5.41) is 6.93. The molecule has 2 nitrogen and oxygen atoms in total. The summed E-state index contributed by atoms with van der Waals surface area (Å²) in [4.78, 5) is 0. The molecule has 0 bridgehead atoms. The quantitative estimate of drug-likeness (QED) is 0.321. The van der Waals surface area contributed by atoms with E-state index in [4.69, 9.17) is 11.1 Å². The van der Waals surface area contributed by atoms with E-state index in [-0.39, 0.29) is 11.8 Å². The summed E-state index contributed by atoms with van der Waals surface area (Å²) in [6.45, 7) is 5.44. The average Bonchev–Trinajstić information content (AvgIpc) is 1.67. The Bertz CT molecular complexity index is 96.7. The third kappa shape index (κ3) is 2.39. The van der Waals surface area contributed by atoms with Gasteiger partial charge in [0.05, 0.1) is 5.84 Å². The minimum absolute atomic E-state index is 0.160. The molecule has 0 unspecified atom stereocenters. The van der Waals surface area contributed by atoms with Crippen LogP contribution in [0.3, 0.4) is 0 Å². The standard InChI is InChI=1S/C6H12N2/c1-3-4-5(2)6(7)8/h3,5H,1,4H2,2H3,(H3,7,8)/t5-/m0/s1. The normalized spacial score (nSPS) is 12.6. The van der Waals surface area contributed by atoms with Gasteiger partial charge in [-0.25, -0.2) is 0 Å². The van der Waals surface area contributed by atoms with Gasteiger partial charge in [-0.15, -0.1) is 6.58 Å². The highest BCUT2D eigenvalue weighted by Gasteiger charge is 1.99. The Morgan fingerprint density at radius 1 is 2.00 bits per heavy atom. The fourth-order valence-corrected chi connectivity index (χ4v) is 0.377. The summed E-state index contributed by atoms with van der Waals surface area (Å²) in [6.07, 6.45) is 2.57. The molecule has 1 atom stereocenters. The van der Waals surface area contributed by atoms with Crippen molar-refractivity contribution in [2.45, 2.75) is 13.3 Å². The molecule has 0 fully saturated rings. The van der Waals surface area contributed by atoms with Gasteiger partial charge in [-0.2, -0.15) is 0 Å². The van der Waals surface area contributed by atoms with Crippen LogP contribution in [0.1, 0.15) is 13.3 Å². The molecule has 8 heavy (non-hydrogen) atoms. The predicted octanol–water partition coefficient (Wildman–Crippen LogP) is 1.13. The van der Waals surface area contributed by atoms with Crippen LogP contribution in [0.2, 0.25) is 0 Å². The van der Waals surface area contributed by atoms with Crippen LogP contribution in [0.5, 0.6) is 0 Å². The summed E-state index contributed by atoms with van der Waals surface area (Å²) >= 11 is 0. The van der Waals surface area contributed by atoms with Crippen molar-refractivity contribution in [2.24, 2.45) is 11.7 Å². The van der Waals surface area contributed by atoms with Crippen molar-refractivity contribution >= 4 is 5.84 Å². The number of allylic oxidation sites excluding steroid dienone is 1. The Kier molecular flexibility index (Phi) is 2.92. The first-order valence-electron chi connectivity index (χ1n) is 2.63. The van der Waals surface area contributed by atoms with Gasteiger partial charge in [-0.1, -0.05) is 13.0 Å². The largest absolute Gasteiger partial charge is 0.387 e. The number of nitrogens with two attached hydrogens (primary N) is 1. The van der Waals surface area contributed by atoms with E-state index >= 15 is 0 Å². The first-order chi connectivity index (χ1) is 3.68. The summed E-state index contributed by atoms with van der Waals surface area (Å²) in [5.41, 5.74) is 5.16. The van der Waals surface area contributed by atoms with Crippen LogP contribution in [-0.2, 0) is 0 Å². The molecule has 0 aliphatic heterocycles. The van der Waals surface area contributed by atoms with E-state index in [1.165, 1.54) is 0 Å². The molecule has 0 spiro atoms. The molecule has 0 aliphatic carbocycles.